The van der Waals surface area contributed by atoms with Gasteiger partial charge >= 0.3 is 0 Å². The standard InChI is InChI=1S/C12H18N4O/c17-12-3-2-10(6-13-12)7-15-8-11(9-15)16-5-1-4-14-16/h1,4-5,10-11H,2-3,6-9H2,(H,13,17). The molecule has 1 aromatic heterocycles. The van der Waals surface area contributed by atoms with Gasteiger partial charge in [0.2, 0.25) is 5.91 Å². The summed E-state index contributed by atoms with van der Waals surface area (Å²) in [5.74, 6) is 0.838. The molecule has 2 fully saturated rings. The van der Waals surface area contributed by atoms with Crippen LogP contribution in [0, 0.1) is 5.92 Å². The van der Waals surface area contributed by atoms with E-state index in [1.807, 2.05) is 23.1 Å². The van der Waals surface area contributed by atoms with E-state index in [0.29, 0.717) is 18.4 Å². The van der Waals surface area contributed by atoms with E-state index in [2.05, 4.69) is 15.3 Å². The van der Waals surface area contributed by atoms with Crippen molar-refractivity contribution in [2.45, 2.75) is 18.9 Å². The highest BCUT2D eigenvalue weighted by atomic mass is 16.1. The van der Waals surface area contributed by atoms with E-state index >= 15 is 0 Å². The van der Waals surface area contributed by atoms with Crippen molar-refractivity contribution in [2.75, 3.05) is 26.2 Å². The Morgan fingerprint density at radius 1 is 1.47 bits per heavy atom. The van der Waals surface area contributed by atoms with Crippen LogP contribution in [-0.2, 0) is 4.79 Å². The first-order valence-electron chi connectivity index (χ1n) is 6.29. The highest BCUT2D eigenvalue weighted by Crippen LogP contribution is 2.23. The molecule has 92 valence electrons. The zero-order chi connectivity index (χ0) is 11.7. The second-order valence-electron chi connectivity index (χ2n) is 5.07. The molecule has 1 atom stereocenters. The summed E-state index contributed by atoms with van der Waals surface area (Å²) in [6, 6.07) is 2.52. The number of likely N-dealkylation sites (tertiary alicyclic amines) is 1. The minimum atomic E-state index is 0.208. The van der Waals surface area contributed by atoms with E-state index in [1.54, 1.807) is 0 Å². The zero-order valence-electron chi connectivity index (χ0n) is 9.88. The van der Waals surface area contributed by atoms with Gasteiger partial charge in [-0.2, -0.15) is 5.10 Å². The number of amides is 1. The smallest absolute Gasteiger partial charge is 0.220 e. The second kappa shape index (κ2) is 4.49. The Labute approximate surface area is 101 Å². The molecule has 5 heteroatoms. The topological polar surface area (TPSA) is 50.2 Å². The summed E-state index contributed by atoms with van der Waals surface area (Å²) in [7, 11) is 0. The number of hydrogen-bond acceptors (Lipinski definition) is 3. The third kappa shape index (κ3) is 2.34. The van der Waals surface area contributed by atoms with Gasteiger partial charge in [0.05, 0.1) is 6.04 Å². The minimum Gasteiger partial charge on any atom is -0.356 e. The maximum Gasteiger partial charge on any atom is 0.220 e. The van der Waals surface area contributed by atoms with E-state index in [1.165, 1.54) is 0 Å². The average Bonchev–Trinajstić information content (AvgIpc) is 2.78. The molecular formula is C12H18N4O. The van der Waals surface area contributed by atoms with Crippen molar-refractivity contribution in [3.05, 3.63) is 18.5 Å². The van der Waals surface area contributed by atoms with Gasteiger partial charge < -0.3 is 5.32 Å². The van der Waals surface area contributed by atoms with Gasteiger partial charge in [0.1, 0.15) is 0 Å². The Balaban J connectivity index is 1.43. The highest BCUT2D eigenvalue weighted by Gasteiger charge is 2.30. The van der Waals surface area contributed by atoms with E-state index in [9.17, 15) is 4.79 Å². The molecule has 2 saturated heterocycles. The van der Waals surface area contributed by atoms with Gasteiger partial charge in [-0.3, -0.25) is 14.4 Å². The summed E-state index contributed by atoms with van der Waals surface area (Å²) in [5.41, 5.74) is 0. The largest absolute Gasteiger partial charge is 0.356 e. The molecule has 3 heterocycles. The van der Waals surface area contributed by atoms with Crippen LogP contribution in [-0.4, -0.2) is 46.8 Å². The molecule has 0 bridgehead atoms. The van der Waals surface area contributed by atoms with Crippen LogP contribution in [0.4, 0.5) is 0 Å². The molecule has 1 N–H and O–H groups in total. The van der Waals surface area contributed by atoms with E-state index < -0.39 is 0 Å². The number of rotatable bonds is 3. The van der Waals surface area contributed by atoms with Gasteiger partial charge in [0.25, 0.3) is 0 Å². The van der Waals surface area contributed by atoms with Gasteiger partial charge in [-0.25, -0.2) is 0 Å². The first-order chi connectivity index (χ1) is 8.31. The fourth-order valence-corrected chi connectivity index (χ4v) is 2.66. The van der Waals surface area contributed by atoms with Crippen LogP contribution < -0.4 is 5.32 Å². The summed E-state index contributed by atoms with van der Waals surface area (Å²) in [5, 5.41) is 7.20. The van der Waals surface area contributed by atoms with Crippen LogP contribution in [0.25, 0.3) is 0 Å². The quantitative estimate of drug-likeness (QED) is 0.816. The predicted octanol–water partition coefficient (Wildman–Crippen LogP) is 0.266. The molecule has 0 saturated carbocycles. The van der Waals surface area contributed by atoms with Crippen LogP contribution >= 0.6 is 0 Å². The molecule has 0 aliphatic carbocycles. The fourth-order valence-electron chi connectivity index (χ4n) is 2.66. The van der Waals surface area contributed by atoms with E-state index in [-0.39, 0.29) is 5.91 Å². The van der Waals surface area contributed by atoms with Crippen LogP contribution in [0.2, 0.25) is 0 Å². The SMILES string of the molecule is O=C1CCC(CN2CC(n3cccn3)C2)CN1. The van der Waals surface area contributed by atoms with Crippen molar-refractivity contribution in [1.82, 2.24) is 20.0 Å². The monoisotopic (exact) mass is 234 g/mol. The number of nitrogens with one attached hydrogen (secondary N) is 1. The summed E-state index contributed by atoms with van der Waals surface area (Å²) >= 11 is 0. The van der Waals surface area contributed by atoms with E-state index in [4.69, 9.17) is 0 Å². The molecule has 0 aromatic carbocycles. The maximum atomic E-state index is 11.0. The summed E-state index contributed by atoms with van der Waals surface area (Å²) in [6.45, 7) is 4.14. The number of aromatic nitrogens is 2. The van der Waals surface area contributed by atoms with Gasteiger partial charge in [-0.15, -0.1) is 0 Å². The minimum absolute atomic E-state index is 0.208. The lowest BCUT2D eigenvalue weighted by molar-refractivity contribution is -0.123. The van der Waals surface area contributed by atoms with Gasteiger partial charge in [0.15, 0.2) is 0 Å². The number of piperidine rings is 1. The third-order valence-corrected chi connectivity index (χ3v) is 3.72. The third-order valence-electron chi connectivity index (χ3n) is 3.72. The molecule has 1 unspecified atom stereocenters. The molecule has 2 aliphatic heterocycles. The first kappa shape index (κ1) is 10.8. The molecule has 5 nitrogen and oxygen atoms in total. The Bertz CT molecular complexity index is 373. The lowest BCUT2D eigenvalue weighted by atomic mass is 9.96. The molecule has 0 radical (unpaired) electrons. The summed E-state index contributed by atoms with van der Waals surface area (Å²) < 4.78 is 2.04. The number of hydrogen-bond donors (Lipinski definition) is 1. The van der Waals surface area contributed by atoms with Crippen LogP contribution in [0.15, 0.2) is 18.5 Å². The highest BCUT2D eigenvalue weighted by molar-refractivity contribution is 5.76. The molecule has 2 aliphatic rings. The average molecular weight is 234 g/mol. The molecule has 1 aromatic rings. The molecule has 0 spiro atoms. The lowest BCUT2D eigenvalue weighted by Gasteiger charge is -2.41. The van der Waals surface area contributed by atoms with Gasteiger partial charge in [0, 0.05) is 45.0 Å². The van der Waals surface area contributed by atoms with Gasteiger partial charge in [-0.1, -0.05) is 0 Å². The Kier molecular flexibility index (Phi) is 2.84. The number of carbonyl (C=O) groups excluding carboxylic acids is 1. The van der Waals surface area contributed by atoms with Crippen molar-refractivity contribution in [3.63, 3.8) is 0 Å². The van der Waals surface area contributed by atoms with Crippen molar-refractivity contribution in [3.8, 4) is 0 Å². The predicted molar refractivity (Wildman–Crippen MR) is 63.4 cm³/mol. The molecule has 1 amide bonds. The number of carbonyl (C=O) groups is 1. The maximum absolute atomic E-state index is 11.0. The second-order valence-corrected chi connectivity index (χ2v) is 5.07. The Hall–Kier alpha value is -1.36. The van der Waals surface area contributed by atoms with Crippen LogP contribution in [0.1, 0.15) is 18.9 Å². The normalized spacial score (nSPS) is 26.6. The molecular weight excluding hydrogens is 216 g/mol. The lowest BCUT2D eigenvalue weighted by Crippen LogP contribution is -2.51. The summed E-state index contributed by atoms with van der Waals surface area (Å²) in [6.07, 6.45) is 5.60. The summed E-state index contributed by atoms with van der Waals surface area (Å²) in [4.78, 5) is 13.5. The fraction of sp³-hybridized carbons (Fsp3) is 0.667. The first-order valence-corrected chi connectivity index (χ1v) is 6.29. The van der Waals surface area contributed by atoms with Crippen molar-refractivity contribution in [2.24, 2.45) is 5.92 Å². The Morgan fingerprint density at radius 2 is 2.35 bits per heavy atom. The number of nitrogens with zero attached hydrogens (tertiary/aromatic N) is 3. The van der Waals surface area contributed by atoms with Crippen molar-refractivity contribution in [1.29, 1.82) is 0 Å². The van der Waals surface area contributed by atoms with E-state index in [0.717, 1.165) is 32.6 Å². The molecule has 17 heavy (non-hydrogen) atoms. The van der Waals surface area contributed by atoms with Gasteiger partial charge in [-0.05, 0) is 18.4 Å². The van der Waals surface area contributed by atoms with Crippen LogP contribution in [0.5, 0.6) is 0 Å². The van der Waals surface area contributed by atoms with Crippen LogP contribution in [0.3, 0.4) is 0 Å². The Morgan fingerprint density at radius 3 is 3.00 bits per heavy atom. The van der Waals surface area contributed by atoms with Crippen molar-refractivity contribution < 1.29 is 4.79 Å². The van der Waals surface area contributed by atoms with Crippen molar-refractivity contribution >= 4 is 5.91 Å². The zero-order valence-corrected chi connectivity index (χ0v) is 9.88. The molecule has 3 rings (SSSR count).